The summed E-state index contributed by atoms with van der Waals surface area (Å²) in [6, 6.07) is 3.56. The number of halogens is 3. The van der Waals surface area contributed by atoms with Crippen LogP contribution in [-0.4, -0.2) is 52.6 Å². The van der Waals surface area contributed by atoms with Gasteiger partial charge >= 0.3 is 0 Å². The second-order valence-corrected chi connectivity index (χ2v) is 7.95. The number of sulfonamides is 1. The van der Waals surface area contributed by atoms with E-state index in [0.29, 0.717) is 11.4 Å². The van der Waals surface area contributed by atoms with E-state index in [1.807, 2.05) is 19.9 Å². The van der Waals surface area contributed by atoms with Gasteiger partial charge in [-0.1, -0.05) is 15.9 Å². The molecule has 1 aromatic carbocycles. The zero-order valence-corrected chi connectivity index (χ0v) is 17.3. The fourth-order valence-corrected chi connectivity index (χ4v) is 4.18. The average Bonchev–Trinajstić information content (AvgIpc) is 2.43. The van der Waals surface area contributed by atoms with Crippen molar-refractivity contribution < 1.29 is 8.42 Å². The Bertz CT molecular complexity index is 608. The van der Waals surface area contributed by atoms with Crippen LogP contribution in [0.15, 0.2) is 21.5 Å². The number of hydrogen-bond donors (Lipinski definition) is 2. The quantitative estimate of drug-likeness (QED) is 0.723. The van der Waals surface area contributed by atoms with Gasteiger partial charge in [0, 0.05) is 43.7 Å². The second-order valence-electron chi connectivity index (χ2n) is 5.36. The molecule has 1 aliphatic heterocycles. The van der Waals surface area contributed by atoms with Crippen molar-refractivity contribution in [1.82, 2.24) is 14.9 Å². The third kappa shape index (κ3) is 6.49. The first kappa shape index (κ1) is 23.1. The van der Waals surface area contributed by atoms with Crippen molar-refractivity contribution >= 4 is 50.8 Å². The van der Waals surface area contributed by atoms with Gasteiger partial charge in [-0.05, 0) is 37.1 Å². The van der Waals surface area contributed by atoms with Crippen molar-refractivity contribution in [3.05, 3.63) is 27.7 Å². The van der Waals surface area contributed by atoms with E-state index in [4.69, 9.17) is 0 Å². The van der Waals surface area contributed by atoms with Gasteiger partial charge in [-0.25, -0.2) is 13.1 Å². The molecule has 0 spiro atoms. The predicted molar refractivity (Wildman–Crippen MR) is 103 cm³/mol. The number of piperazine rings is 1. The van der Waals surface area contributed by atoms with Crippen LogP contribution in [0.5, 0.6) is 0 Å². The van der Waals surface area contributed by atoms with Crippen molar-refractivity contribution in [3.63, 3.8) is 0 Å². The van der Waals surface area contributed by atoms with E-state index in [1.54, 1.807) is 6.07 Å². The zero-order chi connectivity index (χ0) is 15.5. The summed E-state index contributed by atoms with van der Waals surface area (Å²) < 4.78 is 28.4. The van der Waals surface area contributed by atoms with Crippen molar-refractivity contribution in [2.75, 3.05) is 39.3 Å². The third-order valence-corrected chi connectivity index (χ3v) is 6.13. The summed E-state index contributed by atoms with van der Waals surface area (Å²) >= 11 is 3.42. The molecule has 0 bridgehead atoms. The summed E-state index contributed by atoms with van der Waals surface area (Å²) in [7, 11) is -3.44. The van der Waals surface area contributed by atoms with E-state index in [9.17, 15) is 8.42 Å². The largest absolute Gasteiger partial charge is 0.314 e. The number of rotatable bonds is 5. The first-order valence-corrected chi connectivity index (χ1v) is 9.37. The van der Waals surface area contributed by atoms with Crippen LogP contribution in [0, 0.1) is 13.8 Å². The SMILES string of the molecule is Cc1cc(S(=O)(=O)NCCN2CCNCC2)c(C)cc1Br.Cl.Cl. The van der Waals surface area contributed by atoms with Gasteiger partial charge in [0.1, 0.15) is 0 Å². The summed E-state index contributed by atoms with van der Waals surface area (Å²) in [5, 5.41) is 3.28. The topological polar surface area (TPSA) is 61.4 Å². The molecule has 0 aliphatic carbocycles. The molecule has 2 N–H and O–H groups in total. The third-order valence-electron chi connectivity index (χ3n) is 3.68. The van der Waals surface area contributed by atoms with Gasteiger partial charge in [-0.3, -0.25) is 4.90 Å². The van der Waals surface area contributed by atoms with E-state index in [0.717, 1.165) is 48.3 Å². The number of nitrogens with zero attached hydrogens (tertiary/aromatic N) is 1. The molecule has 0 radical (unpaired) electrons. The molecule has 2 rings (SSSR count). The Kier molecular flexibility index (Phi) is 10.2. The molecule has 0 atom stereocenters. The molecule has 0 unspecified atom stereocenters. The van der Waals surface area contributed by atoms with E-state index in [1.165, 1.54) is 0 Å². The van der Waals surface area contributed by atoms with Crippen LogP contribution in [0.1, 0.15) is 11.1 Å². The fraction of sp³-hybridized carbons (Fsp3) is 0.571. The molecule has 134 valence electrons. The highest BCUT2D eigenvalue weighted by atomic mass is 79.9. The van der Waals surface area contributed by atoms with E-state index in [2.05, 4.69) is 30.9 Å². The van der Waals surface area contributed by atoms with Crippen molar-refractivity contribution in [2.24, 2.45) is 0 Å². The van der Waals surface area contributed by atoms with Crippen LogP contribution in [0.4, 0.5) is 0 Å². The maximum atomic E-state index is 12.4. The van der Waals surface area contributed by atoms with Crippen LogP contribution in [0.3, 0.4) is 0 Å². The molecule has 0 amide bonds. The molecule has 5 nitrogen and oxygen atoms in total. The Balaban J connectivity index is 0.00000242. The maximum Gasteiger partial charge on any atom is 0.240 e. The molecule has 1 heterocycles. The molecule has 1 fully saturated rings. The first-order chi connectivity index (χ1) is 9.90. The van der Waals surface area contributed by atoms with Crippen molar-refractivity contribution in [1.29, 1.82) is 0 Å². The second kappa shape index (κ2) is 10.2. The Morgan fingerprint density at radius 1 is 1.17 bits per heavy atom. The van der Waals surface area contributed by atoms with Crippen LogP contribution in [-0.2, 0) is 10.0 Å². The summed E-state index contributed by atoms with van der Waals surface area (Å²) in [6.45, 7) is 8.77. The van der Waals surface area contributed by atoms with Gasteiger partial charge in [0.05, 0.1) is 4.90 Å². The first-order valence-electron chi connectivity index (χ1n) is 7.09. The minimum Gasteiger partial charge on any atom is -0.314 e. The lowest BCUT2D eigenvalue weighted by atomic mass is 10.2. The summed E-state index contributed by atoms with van der Waals surface area (Å²) in [4.78, 5) is 2.63. The van der Waals surface area contributed by atoms with E-state index >= 15 is 0 Å². The lowest BCUT2D eigenvalue weighted by Gasteiger charge is -2.27. The number of benzene rings is 1. The molecule has 1 aliphatic rings. The molecular weight excluding hydrogens is 425 g/mol. The lowest BCUT2D eigenvalue weighted by Crippen LogP contribution is -2.46. The Morgan fingerprint density at radius 3 is 2.39 bits per heavy atom. The molecule has 1 aromatic rings. The van der Waals surface area contributed by atoms with Gasteiger partial charge in [0.15, 0.2) is 0 Å². The minimum absolute atomic E-state index is 0. The average molecular weight is 449 g/mol. The van der Waals surface area contributed by atoms with Crippen LogP contribution in [0.25, 0.3) is 0 Å². The Hall–Kier alpha value is 0.110. The van der Waals surface area contributed by atoms with Crippen molar-refractivity contribution in [2.45, 2.75) is 18.7 Å². The van der Waals surface area contributed by atoms with Gasteiger partial charge in [0.2, 0.25) is 10.0 Å². The van der Waals surface area contributed by atoms with Gasteiger partial charge in [-0.15, -0.1) is 24.8 Å². The maximum absolute atomic E-state index is 12.4. The molecule has 1 saturated heterocycles. The number of hydrogen-bond acceptors (Lipinski definition) is 4. The lowest BCUT2D eigenvalue weighted by molar-refractivity contribution is 0.245. The monoisotopic (exact) mass is 447 g/mol. The highest BCUT2D eigenvalue weighted by Gasteiger charge is 2.18. The highest BCUT2D eigenvalue weighted by Crippen LogP contribution is 2.24. The summed E-state index contributed by atoms with van der Waals surface area (Å²) in [5.41, 5.74) is 1.67. The molecule has 23 heavy (non-hydrogen) atoms. The summed E-state index contributed by atoms with van der Waals surface area (Å²) in [6.07, 6.45) is 0. The standard InChI is InChI=1S/C14H22BrN3O2S.2ClH/c1-11-10-14(12(2)9-13(11)15)21(19,20)17-5-8-18-6-3-16-4-7-18;;/h9-10,16-17H,3-8H2,1-2H3;2*1H. The fourth-order valence-electron chi connectivity index (χ4n) is 2.39. The van der Waals surface area contributed by atoms with E-state index in [-0.39, 0.29) is 24.8 Å². The summed E-state index contributed by atoms with van der Waals surface area (Å²) in [5.74, 6) is 0. The van der Waals surface area contributed by atoms with Gasteiger partial charge < -0.3 is 5.32 Å². The minimum atomic E-state index is -3.44. The number of nitrogens with one attached hydrogen (secondary N) is 2. The van der Waals surface area contributed by atoms with Gasteiger partial charge in [-0.2, -0.15) is 0 Å². The Labute approximate surface area is 159 Å². The molecule has 0 saturated carbocycles. The number of aryl methyl sites for hydroxylation is 2. The van der Waals surface area contributed by atoms with Crippen LogP contribution >= 0.6 is 40.7 Å². The molecule has 0 aromatic heterocycles. The smallest absolute Gasteiger partial charge is 0.240 e. The highest BCUT2D eigenvalue weighted by molar-refractivity contribution is 9.10. The van der Waals surface area contributed by atoms with E-state index < -0.39 is 10.0 Å². The molecule has 9 heteroatoms. The van der Waals surface area contributed by atoms with Gasteiger partial charge in [0.25, 0.3) is 0 Å². The van der Waals surface area contributed by atoms with Crippen molar-refractivity contribution in [3.8, 4) is 0 Å². The predicted octanol–water partition coefficient (Wildman–Crippen LogP) is 2.09. The Morgan fingerprint density at radius 2 is 1.78 bits per heavy atom. The normalized spacial score (nSPS) is 15.6. The van der Waals surface area contributed by atoms with Crippen LogP contribution < -0.4 is 10.0 Å². The van der Waals surface area contributed by atoms with Crippen LogP contribution in [0.2, 0.25) is 0 Å². The zero-order valence-electron chi connectivity index (χ0n) is 13.3. The molecular formula is C14H24BrCl2N3O2S.